The number of nitrogens with zero attached hydrogens (tertiary/aromatic N) is 3. The van der Waals surface area contributed by atoms with Gasteiger partial charge in [-0.3, -0.25) is 24.0 Å². The third kappa shape index (κ3) is 14.1. The molecule has 1 saturated heterocycles. The van der Waals surface area contributed by atoms with Gasteiger partial charge in [0, 0.05) is 38.2 Å². The molecule has 3 fully saturated rings. The van der Waals surface area contributed by atoms with Crippen LogP contribution in [0.1, 0.15) is 91.3 Å². The normalized spacial score (nSPS) is 17.9. The van der Waals surface area contributed by atoms with E-state index in [9.17, 15) is 29.1 Å². The van der Waals surface area contributed by atoms with Crippen molar-refractivity contribution in [3.05, 3.63) is 106 Å². The second kappa shape index (κ2) is 23.1. The highest BCUT2D eigenvalue weighted by atomic mass is 32.1. The van der Waals surface area contributed by atoms with Crippen LogP contribution in [0.4, 0.5) is 0 Å². The summed E-state index contributed by atoms with van der Waals surface area (Å²) >= 11 is 1.57. The lowest BCUT2D eigenvalue weighted by atomic mass is 9.72. The van der Waals surface area contributed by atoms with Gasteiger partial charge in [0.05, 0.1) is 61.7 Å². The van der Waals surface area contributed by atoms with Crippen LogP contribution in [0.15, 0.2) is 72.4 Å². The Morgan fingerprint density at radius 1 is 0.913 bits per heavy atom. The van der Waals surface area contributed by atoms with Gasteiger partial charge in [0.25, 0.3) is 5.91 Å². The number of aryl methyl sites for hydroxylation is 1. The molecule has 5 amide bonds. The van der Waals surface area contributed by atoms with Crippen LogP contribution in [0.5, 0.6) is 5.75 Å². The van der Waals surface area contributed by atoms with Crippen LogP contribution in [0.25, 0.3) is 16.5 Å². The van der Waals surface area contributed by atoms with E-state index < -0.39 is 35.4 Å². The van der Waals surface area contributed by atoms with E-state index >= 15 is 0 Å². The van der Waals surface area contributed by atoms with E-state index in [4.69, 9.17) is 14.2 Å². The summed E-state index contributed by atoms with van der Waals surface area (Å²) < 4.78 is 16.6. The van der Waals surface area contributed by atoms with Gasteiger partial charge in [-0.1, -0.05) is 81.5 Å². The second-order valence-electron chi connectivity index (χ2n) is 19.5. The fourth-order valence-corrected chi connectivity index (χ4v) is 9.71. The molecule has 3 aliphatic rings. The van der Waals surface area contributed by atoms with Crippen molar-refractivity contribution in [1.29, 1.82) is 0 Å². The number of β-amino-alcohol motifs (C(OH)–C–C–N with tert-alkyl or cyclic N) is 1. The highest BCUT2D eigenvalue weighted by Crippen LogP contribution is 2.63. The number of pyridine rings is 1. The second-order valence-corrected chi connectivity index (χ2v) is 20.3. The topological polar surface area (TPSA) is 210 Å². The summed E-state index contributed by atoms with van der Waals surface area (Å²) in [6.45, 7) is 8.32. The number of hydrogen-bond donors (Lipinski definition) is 5. The summed E-state index contributed by atoms with van der Waals surface area (Å²) in [4.78, 5) is 77.2. The number of aliphatic hydroxyl groups excluding tert-OH is 1. The number of thiazole rings is 1. The lowest BCUT2D eigenvalue weighted by molar-refractivity contribution is -0.144. The first-order valence-electron chi connectivity index (χ1n) is 23.7. The van der Waals surface area contributed by atoms with Crippen LogP contribution < -0.4 is 26.0 Å². The Kier molecular flexibility index (Phi) is 17.0. The molecule has 2 saturated carbocycles. The molecule has 1 spiro atoms. The fourth-order valence-electron chi connectivity index (χ4n) is 8.90. The number of hydrogen-bond acceptors (Lipinski definition) is 12. The molecule has 368 valence electrons. The largest absolute Gasteiger partial charge is 0.495 e. The number of rotatable bonds is 22. The van der Waals surface area contributed by atoms with Crippen LogP contribution in [0.3, 0.4) is 0 Å². The number of benzene rings is 2. The Bertz CT molecular complexity index is 2470. The Balaban J connectivity index is 0.770. The third-order valence-corrected chi connectivity index (χ3v) is 13.9. The average molecular weight is 964 g/mol. The van der Waals surface area contributed by atoms with Crippen molar-refractivity contribution in [2.24, 2.45) is 16.7 Å². The number of aliphatic hydroxyl groups is 1. The number of aromatic nitrogens is 2. The van der Waals surface area contributed by atoms with Crippen LogP contribution >= 0.6 is 11.3 Å². The lowest BCUT2D eigenvalue weighted by Crippen LogP contribution is -2.58. The Labute approximate surface area is 408 Å². The van der Waals surface area contributed by atoms with Crippen molar-refractivity contribution < 1.29 is 43.3 Å². The summed E-state index contributed by atoms with van der Waals surface area (Å²) in [6, 6.07) is 15.2. The lowest BCUT2D eigenvalue weighted by Gasteiger charge is -2.35. The maximum atomic E-state index is 14.0. The van der Waals surface area contributed by atoms with Gasteiger partial charge in [-0.15, -0.1) is 11.3 Å². The van der Waals surface area contributed by atoms with E-state index in [1.54, 1.807) is 36.2 Å². The molecule has 0 radical (unpaired) electrons. The van der Waals surface area contributed by atoms with Gasteiger partial charge >= 0.3 is 0 Å². The molecule has 16 nitrogen and oxygen atoms in total. The zero-order chi connectivity index (χ0) is 49.1. The molecule has 5 N–H and O–H groups in total. The van der Waals surface area contributed by atoms with E-state index in [0.717, 1.165) is 38.4 Å². The molecule has 69 heavy (non-hydrogen) atoms. The van der Waals surface area contributed by atoms with Crippen molar-refractivity contribution >= 4 is 46.9 Å². The molecule has 2 aromatic heterocycles. The number of likely N-dealkylation sites (tertiary alicyclic amines) is 1. The minimum Gasteiger partial charge on any atom is -0.495 e. The third-order valence-electron chi connectivity index (χ3n) is 12.9. The molecule has 4 aromatic rings. The first-order chi connectivity index (χ1) is 33.1. The van der Waals surface area contributed by atoms with E-state index in [1.807, 2.05) is 82.3 Å². The Morgan fingerprint density at radius 2 is 1.65 bits per heavy atom. The molecule has 17 heteroatoms. The minimum atomic E-state index is -0.991. The number of carbonyl (C=O) groups is 5. The molecular weight excluding hydrogens is 899 g/mol. The van der Waals surface area contributed by atoms with Crippen molar-refractivity contribution in [2.45, 2.75) is 97.5 Å². The minimum absolute atomic E-state index is 0.0326. The van der Waals surface area contributed by atoms with Gasteiger partial charge < -0.3 is 45.5 Å². The molecule has 1 aliphatic heterocycles. The standard InChI is InChI=1S/C52H65N7O9S/c1-33-46(69-32-57-33)38-12-9-34(10-13-38)27-56-49(64)42-24-40(60)30-59(42)50(65)47(51(2,3)4)58-45(62)31-68-20-19-67-18-17-53-44(61)22-35-7-6-8-36(21-35)28-55-48(63)41-23-39(43(66-5)29-54-41)14-11-37-25-52(26-37)15-16-52/h6-14,21,23,29,32,37,40,42,47,60H,15-20,22,24-28,30-31H2,1-5H3,(H,53,61)(H,55,63)(H,56,64)(H,58,62)/b14-11+/t40-,42+,47?/m1/s1. The van der Waals surface area contributed by atoms with Crippen LogP contribution in [-0.4, -0.2) is 114 Å². The highest BCUT2D eigenvalue weighted by Gasteiger charge is 2.51. The highest BCUT2D eigenvalue weighted by molar-refractivity contribution is 7.13. The number of allylic oxidation sites excluding steroid dienone is 1. The molecule has 1 unspecified atom stereocenters. The van der Waals surface area contributed by atoms with Gasteiger partial charge in [-0.05, 0) is 77.7 Å². The number of ether oxygens (including phenoxy) is 3. The molecule has 3 atom stereocenters. The molecule has 2 aromatic carbocycles. The van der Waals surface area contributed by atoms with Gasteiger partial charge in [-0.2, -0.15) is 0 Å². The molecule has 0 bridgehead atoms. The Morgan fingerprint density at radius 3 is 2.36 bits per heavy atom. The Hall–Kier alpha value is -6.01. The fraction of sp³-hybridized carbons (Fsp3) is 0.481. The van der Waals surface area contributed by atoms with E-state index in [-0.39, 0.29) is 83.2 Å². The molecular formula is C52H65N7O9S. The van der Waals surface area contributed by atoms with Gasteiger partial charge in [0.15, 0.2) is 0 Å². The summed E-state index contributed by atoms with van der Waals surface area (Å²) in [7, 11) is 1.59. The smallest absolute Gasteiger partial charge is 0.270 e. The van der Waals surface area contributed by atoms with Crippen LogP contribution in [-0.2, 0) is 48.2 Å². The van der Waals surface area contributed by atoms with Gasteiger partial charge in [-0.25, -0.2) is 9.97 Å². The number of nitrogens with one attached hydrogen (secondary N) is 4. The number of carbonyl (C=O) groups excluding carboxylic acids is 5. The molecule has 2 aliphatic carbocycles. The number of amides is 5. The van der Waals surface area contributed by atoms with Gasteiger partial charge in [0.2, 0.25) is 23.6 Å². The van der Waals surface area contributed by atoms with Crippen LogP contribution in [0, 0.1) is 23.7 Å². The SMILES string of the molecule is COc1cnc(C(=O)NCc2cccc(CC(=O)NCCOCCOCC(=O)NC(C(=O)N3C[C@H](O)C[C@H]3C(=O)NCc3ccc(-c4scnc4C)cc3)C(C)(C)C)c2)cc1/C=C/C1CC2(CC2)C1. The first kappa shape index (κ1) is 50.9. The first-order valence-corrected chi connectivity index (χ1v) is 24.5. The monoisotopic (exact) mass is 963 g/mol. The van der Waals surface area contributed by atoms with Gasteiger partial charge in [0.1, 0.15) is 30.1 Å². The quantitative estimate of drug-likeness (QED) is 0.0650. The number of methoxy groups -OCH3 is 1. The zero-order valence-electron chi connectivity index (χ0n) is 40.2. The maximum absolute atomic E-state index is 14.0. The zero-order valence-corrected chi connectivity index (χ0v) is 41.0. The van der Waals surface area contributed by atoms with E-state index in [1.165, 1.54) is 30.6 Å². The van der Waals surface area contributed by atoms with E-state index in [0.29, 0.717) is 22.8 Å². The van der Waals surface area contributed by atoms with Crippen LogP contribution in [0.2, 0.25) is 0 Å². The average Bonchev–Trinajstić information content (AvgIpc) is 3.85. The predicted molar refractivity (Wildman–Crippen MR) is 262 cm³/mol. The molecule has 3 heterocycles. The summed E-state index contributed by atoms with van der Waals surface area (Å²) in [5.74, 6) is -0.668. The summed E-state index contributed by atoms with van der Waals surface area (Å²) in [5.41, 5.74) is 7.34. The van der Waals surface area contributed by atoms with Crippen molar-refractivity contribution in [1.82, 2.24) is 36.1 Å². The predicted octanol–water partition coefficient (Wildman–Crippen LogP) is 5.16. The van der Waals surface area contributed by atoms with Crippen molar-refractivity contribution in [2.75, 3.05) is 46.6 Å². The van der Waals surface area contributed by atoms with Crippen molar-refractivity contribution in [3.8, 4) is 16.2 Å². The van der Waals surface area contributed by atoms with Crippen molar-refractivity contribution in [3.63, 3.8) is 0 Å². The summed E-state index contributed by atoms with van der Waals surface area (Å²) in [6.07, 6.45) is 10.3. The van der Waals surface area contributed by atoms with E-state index in [2.05, 4.69) is 37.3 Å². The maximum Gasteiger partial charge on any atom is 0.270 e. The summed E-state index contributed by atoms with van der Waals surface area (Å²) in [5, 5.41) is 22.0. The molecule has 7 rings (SSSR count).